The summed E-state index contributed by atoms with van der Waals surface area (Å²) in [6, 6.07) is 9.22. The first-order valence-corrected chi connectivity index (χ1v) is 10.8. The Hall–Kier alpha value is -1.44. The molecule has 0 aliphatic heterocycles. The van der Waals surface area contributed by atoms with E-state index in [2.05, 4.69) is 6.92 Å². The fourth-order valence-corrected chi connectivity index (χ4v) is 3.51. The van der Waals surface area contributed by atoms with Crippen LogP contribution in [-0.2, 0) is 4.79 Å². The molecule has 2 nitrogen and oxygen atoms in total. The molecule has 0 aromatic heterocycles. The van der Waals surface area contributed by atoms with Crippen molar-refractivity contribution in [3.63, 3.8) is 0 Å². The van der Waals surface area contributed by atoms with Crippen LogP contribution in [0.25, 0.3) is 0 Å². The molecule has 0 aliphatic rings. The van der Waals surface area contributed by atoms with Gasteiger partial charge in [0.2, 0.25) is 0 Å². The van der Waals surface area contributed by atoms with E-state index >= 15 is 0 Å². The molecule has 26 heavy (non-hydrogen) atoms. The first-order chi connectivity index (χ1) is 12.7. The van der Waals surface area contributed by atoms with Crippen LogP contribution in [0, 0.1) is 5.92 Å². The maximum Gasteiger partial charge on any atom is 0.173 e. The maximum atomic E-state index is 12.5. The first kappa shape index (κ1) is 22.6. The lowest BCUT2D eigenvalue weighted by Crippen LogP contribution is -2.22. The second-order valence-corrected chi connectivity index (χ2v) is 7.57. The molecular weight excluding hydrogens is 320 g/mol. The predicted molar refractivity (Wildman–Crippen MR) is 111 cm³/mol. The van der Waals surface area contributed by atoms with Crippen LogP contribution >= 0.6 is 0 Å². The highest BCUT2D eigenvalue weighted by Crippen LogP contribution is 2.19. The van der Waals surface area contributed by atoms with Crippen LogP contribution in [0.2, 0.25) is 0 Å². The molecule has 1 aromatic rings. The Balaban J connectivity index is 2.09. The lowest BCUT2D eigenvalue weighted by molar-refractivity contribution is -0.119. The minimum Gasteiger partial charge on any atom is -0.299 e. The lowest BCUT2D eigenvalue weighted by atomic mass is 9.89. The lowest BCUT2D eigenvalue weighted by Gasteiger charge is -2.12. The predicted octanol–water partition coefficient (Wildman–Crippen LogP) is 7.17. The van der Waals surface area contributed by atoms with Crippen molar-refractivity contribution in [1.29, 1.82) is 0 Å². The quantitative estimate of drug-likeness (QED) is 0.178. The van der Waals surface area contributed by atoms with Crippen molar-refractivity contribution in [2.75, 3.05) is 0 Å². The van der Waals surface area contributed by atoms with E-state index in [-0.39, 0.29) is 11.6 Å². The Kier molecular flexibility index (Phi) is 12.8. The summed E-state index contributed by atoms with van der Waals surface area (Å²) < 4.78 is 0. The van der Waals surface area contributed by atoms with E-state index < -0.39 is 5.92 Å². The van der Waals surface area contributed by atoms with Gasteiger partial charge < -0.3 is 0 Å². The third-order valence-electron chi connectivity index (χ3n) is 5.21. The molecule has 146 valence electrons. The van der Waals surface area contributed by atoms with Crippen LogP contribution in [0.4, 0.5) is 0 Å². The number of hydrogen-bond acceptors (Lipinski definition) is 2. The number of benzene rings is 1. The van der Waals surface area contributed by atoms with E-state index in [4.69, 9.17) is 0 Å². The number of rotatable bonds is 16. The van der Waals surface area contributed by atoms with Gasteiger partial charge in [-0.25, -0.2) is 0 Å². The first-order valence-electron chi connectivity index (χ1n) is 10.8. The normalized spacial score (nSPS) is 12.1. The van der Waals surface area contributed by atoms with E-state index in [1.54, 1.807) is 19.1 Å². The molecule has 1 unspecified atom stereocenters. The summed E-state index contributed by atoms with van der Waals surface area (Å²) in [5, 5.41) is 0. The molecule has 0 saturated heterocycles. The Morgan fingerprint density at radius 1 is 0.731 bits per heavy atom. The van der Waals surface area contributed by atoms with Crippen LogP contribution in [0.5, 0.6) is 0 Å². The van der Waals surface area contributed by atoms with Gasteiger partial charge in [-0.2, -0.15) is 0 Å². The maximum absolute atomic E-state index is 12.5. The largest absolute Gasteiger partial charge is 0.299 e. The van der Waals surface area contributed by atoms with Crippen molar-refractivity contribution in [3.8, 4) is 0 Å². The molecule has 0 radical (unpaired) electrons. The fourth-order valence-electron chi connectivity index (χ4n) is 3.51. The standard InChI is InChI=1S/C24H38O2/c1-3-4-5-6-7-8-9-10-11-12-13-17-20-23(21(2)25)24(26)22-18-15-14-16-19-22/h14-16,18-19,23H,3-13,17,20H2,1-2H3. The highest BCUT2D eigenvalue weighted by atomic mass is 16.1. The van der Waals surface area contributed by atoms with Crippen molar-refractivity contribution < 1.29 is 9.59 Å². The van der Waals surface area contributed by atoms with E-state index in [1.165, 1.54) is 64.2 Å². The number of carbonyl (C=O) groups excluding carboxylic acids is 2. The number of ketones is 2. The van der Waals surface area contributed by atoms with Crippen LogP contribution in [0.1, 0.15) is 108 Å². The van der Waals surface area contributed by atoms with Gasteiger partial charge in [-0.3, -0.25) is 9.59 Å². The average molecular weight is 359 g/mol. The van der Waals surface area contributed by atoms with Gasteiger partial charge in [0, 0.05) is 5.56 Å². The highest BCUT2D eigenvalue weighted by molar-refractivity contribution is 6.09. The van der Waals surface area contributed by atoms with Gasteiger partial charge in [0.15, 0.2) is 5.78 Å². The number of hydrogen-bond donors (Lipinski definition) is 0. The zero-order valence-corrected chi connectivity index (χ0v) is 17.0. The summed E-state index contributed by atoms with van der Waals surface area (Å²) >= 11 is 0. The van der Waals surface area contributed by atoms with Gasteiger partial charge in [-0.15, -0.1) is 0 Å². The van der Waals surface area contributed by atoms with Crippen molar-refractivity contribution >= 4 is 11.6 Å². The molecule has 2 heteroatoms. The summed E-state index contributed by atoms with van der Waals surface area (Å²) in [6.07, 6.45) is 16.3. The summed E-state index contributed by atoms with van der Waals surface area (Å²) in [5.74, 6) is -0.469. The van der Waals surface area contributed by atoms with Gasteiger partial charge in [0.05, 0.1) is 5.92 Å². The van der Waals surface area contributed by atoms with E-state index in [0.29, 0.717) is 12.0 Å². The van der Waals surface area contributed by atoms with Gasteiger partial charge >= 0.3 is 0 Å². The van der Waals surface area contributed by atoms with Gasteiger partial charge in [-0.1, -0.05) is 114 Å². The molecule has 1 rings (SSSR count). The Morgan fingerprint density at radius 2 is 1.19 bits per heavy atom. The molecule has 0 amide bonds. The van der Waals surface area contributed by atoms with E-state index in [9.17, 15) is 9.59 Å². The summed E-state index contributed by atoms with van der Waals surface area (Å²) in [5.41, 5.74) is 0.659. The Labute approximate surface area is 160 Å². The van der Waals surface area contributed by atoms with E-state index in [0.717, 1.165) is 12.8 Å². The molecular formula is C24H38O2. The Bertz CT molecular complexity index is 492. The SMILES string of the molecule is CCCCCCCCCCCCCCC(C(C)=O)C(=O)c1ccccc1. The van der Waals surface area contributed by atoms with Crippen molar-refractivity contribution in [2.24, 2.45) is 5.92 Å². The van der Waals surface area contributed by atoms with Crippen LogP contribution in [-0.4, -0.2) is 11.6 Å². The average Bonchev–Trinajstić information content (AvgIpc) is 2.65. The smallest absolute Gasteiger partial charge is 0.173 e. The van der Waals surface area contributed by atoms with Gasteiger partial charge in [-0.05, 0) is 13.3 Å². The molecule has 0 N–H and O–H groups in total. The third kappa shape index (κ3) is 9.89. The second-order valence-electron chi connectivity index (χ2n) is 7.57. The van der Waals surface area contributed by atoms with Crippen molar-refractivity contribution in [2.45, 2.75) is 97.3 Å². The second kappa shape index (κ2) is 14.7. The number of Topliss-reactive ketones (excluding diaryl/α,β-unsaturated/α-hetero) is 2. The molecule has 0 heterocycles. The zero-order chi connectivity index (χ0) is 19.0. The van der Waals surface area contributed by atoms with Gasteiger partial charge in [0.25, 0.3) is 0 Å². The fraction of sp³-hybridized carbons (Fsp3) is 0.667. The minimum atomic E-state index is -0.458. The molecule has 0 aliphatic carbocycles. The number of carbonyl (C=O) groups is 2. The Morgan fingerprint density at radius 3 is 1.65 bits per heavy atom. The molecule has 0 fully saturated rings. The zero-order valence-electron chi connectivity index (χ0n) is 17.0. The summed E-state index contributed by atoms with van der Waals surface area (Å²) in [6.45, 7) is 3.81. The van der Waals surface area contributed by atoms with Crippen LogP contribution in [0.15, 0.2) is 30.3 Å². The summed E-state index contributed by atoms with van der Waals surface area (Å²) in [4.78, 5) is 24.4. The molecule has 1 atom stereocenters. The van der Waals surface area contributed by atoms with Crippen LogP contribution < -0.4 is 0 Å². The van der Waals surface area contributed by atoms with Crippen molar-refractivity contribution in [3.05, 3.63) is 35.9 Å². The molecule has 0 spiro atoms. The molecule has 1 aromatic carbocycles. The minimum absolute atomic E-state index is 0.00178. The van der Waals surface area contributed by atoms with Crippen LogP contribution in [0.3, 0.4) is 0 Å². The molecule has 0 saturated carbocycles. The topological polar surface area (TPSA) is 34.1 Å². The van der Waals surface area contributed by atoms with Crippen molar-refractivity contribution in [1.82, 2.24) is 0 Å². The summed E-state index contributed by atoms with van der Waals surface area (Å²) in [7, 11) is 0. The van der Waals surface area contributed by atoms with E-state index in [1.807, 2.05) is 18.2 Å². The third-order valence-corrected chi connectivity index (χ3v) is 5.21. The monoisotopic (exact) mass is 358 g/mol. The highest BCUT2D eigenvalue weighted by Gasteiger charge is 2.23. The molecule has 0 bridgehead atoms. The number of unbranched alkanes of at least 4 members (excludes halogenated alkanes) is 11. The van der Waals surface area contributed by atoms with Gasteiger partial charge in [0.1, 0.15) is 5.78 Å².